The Kier molecular flexibility index (Phi) is 5.40. The molecule has 160 valence electrons. The van der Waals surface area contributed by atoms with Gasteiger partial charge in [0.05, 0.1) is 16.4 Å². The zero-order chi connectivity index (χ0) is 21.5. The van der Waals surface area contributed by atoms with Crippen molar-refractivity contribution in [1.82, 2.24) is 9.88 Å². The Hall–Kier alpha value is -2.68. The van der Waals surface area contributed by atoms with Crippen LogP contribution in [0, 0.1) is 17.8 Å². The molecule has 8 nitrogen and oxygen atoms in total. The molecule has 4 rings (SSSR count). The number of hydrogen-bond donors (Lipinski definition) is 1. The number of carbonyl (C=O) groups excluding carboxylic acids is 2. The highest BCUT2D eigenvalue weighted by atomic mass is 32.2. The van der Waals surface area contributed by atoms with Gasteiger partial charge in [-0.25, -0.2) is 13.4 Å². The monoisotopic (exact) mass is 430 g/mol. The molecular formula is C21H26N4O4S. The fourth-order valence-electron chi connectivity index (χ4n) is 3.69. The first kappa shape index (κ1) is 20.6. The molecule has 1 N–H and O–H groups in total. The lowest BCUT2D eigenvalue weighted by Crippen LogP contribution is -2.29. The molecule has 0 bridgehead atoms. The molecule has 1 aromatic rings. The highest BCUT2D eigenvalue weighted by Gasteiger charge is 2.32. The molecule has 3 heterocycles. The van der Waals surface area contributed by atoms with E-state index < -0.39 is 9.84 Å². The Labute approximate surface area is 176 Å². The first-order valence-corrected chi connectivity index (χ1v) is 11.9. The van der Waals surface area contributed by atoms with Crippen LogP contribution in [0.25, 0.3) is 0 Å². The van der Waals surface area contributed by atoms with Crippen molar-refractivity contribution < 1.29 is 18.0 Å². The third-order valence-electron chi connectivity index (χ3n) is 5.83. The Morgan fingerprint density at radius 2 is 1.83 bits per heavy atom. The van der Waals surface area contributed by atoms with Gasteiger partial charge in [0.25, 0.3) is 5.91 Å². The number of nitrogens with one attached hydrogen (secondary N) is 1. The maximum absolute atomic E-state index is 13.1. The number of sulfone groups is 1. The molecule has 2 aliphatic heterocycles. The van der Waals surface area contributed by atoms with Crippen molar-refractivity contribution in [2.24, 2.45) is 17.8 Å². The summed E-state index contributed by atoms with van der Waals surface area (Å²) >= 11 is 0. The lowest BCUT2D eigenvalue weighted by Gasteiger charge is -2.24. The van der Waals surface area contributed by atoms with Crippen LogP contribution in [-0.4, -0.2) is 43.2 Å². The molecule has 0 spiro atoms. The molecule has 2 amide bonds. The van der Waals surface area contributed by atoms with Crippen LogP contribution in [0.5, 0.6) is 0 Å². The molecule has 1 saturated heterocycles. The van der Waals surface area contributed by atoms with E-state index in [1.165, 1.54) is 17.3 Å². The van der Waals surface area contributed by atoms with E-state index in [0.29, 0.717) is 29.0 Å². The molecule has 1 unspecified atom stereocenters. The Bertz CT molecular complexity index is 1010. The highest BCUT2D eigenvalue weighted by molar-refractivity contribution is 7.97. The van der Waals surface area contributed by atoms with Gasteiger partial charge in [0.15, 0.2) is 9.84 Å². The summed E-state index contributed by atoms with van der Waals surface area (Å²) in [4.78, 5) is 33.2. The smallest absolute Gasteiger partial charge is 0.265 e. The number of aromatic nitrogens is 1. The first-order valence-electron chi connectivity index (χ1n) is 10.2. The van der Waals surface area contributed by atoms with E-state index in [9.17, 15) is 18.0 Å². The fraction of sp³-hybridized carbons (Fsp3) is 0.476. The van der Waals surface area contributed by atoms with Crippen molar-refractivity contribution in [1.29, 1.82) is 0 Å². The van der Waals surface area contributed by atoms with E-state index in [0.717, 1.165) is 43.2 Å². The molecule has 3 aliphatic rings. The fourth-order valence-corrected chi connectivity index (χ4v) is 4.39. The quantitative estimate of drug-likeness (QED) is 0.771. The predicted octanol–water partition coefficient (Wildman–Crippen LogP) is 2.73. The van der Waals surface area contributed by atoms with E-state index in [-0.39, 0.29) is 17.7 Å². The van der Waals surface area contributed by atoms with Gasteiger partial charge in [0.2, 0.25) is 5.91 Å². The molecule has 0 radical (unpaired) electrons. The number of rotatable bonds is 5. The maximum atomic E-state index is 13.1. The second-order valence-corrected chi connectivity index (χ2v) is 10.2. The Morgan fingerprint density at radius 3 is 2.43 bits per heavy atom. The molecule has 30 heavy (non-hydrogen) atoms. The van der Waals surface area contributed by atoms with Gasteiger partial charge < -0.3 is 10.2 Å². The number of carbonyl (C=O) groups is 2. The lowest BCUT2D eigenvalue weighted by atomic mass is 9.95. The lowest BCUT2D eigenvalue weighted by molar-refractivity contribution is -0.117. The van der Waals surface area contributed by atoms with Gasteiger partial charge in [-0.15, -0.1) is 0 Å². The average molecular weight is 431 g/mol. The van der Waals surface area contributed by atoms with Gasteiger partial charge in [-0.3, -0.25) is 14.5 Å². The van der Waals surface area contributed by atoms with Crippen LogP contribution in [0.3, 0.4) is 0 Å². The Balaban J connectivity index is 1.64. The highest BCUT2D eigenvalue weighted by Crippen LogP contribution is 2.33. The van der Waals surface area contributed by atoms with Gasteiger partial charge in [-0.05, 0) is 43.2 Å². The molecule has 1 aromatic heterocycles. The standard InChI is InChI=1S/C21H26N4O4S/c1-14(2)16-7-8-25(13-16)19-17(21(27)24-9-11-30(28,29)12-10-24)5-6-18(22-19)23-20(26)15-3-4-15/h5-6,9-12,14-16H,3-4,7-8,13H2,1-2H3,(H,22,23,26). The number of pyridine rings is 1. The first-order chi connectivity index (χ1) is 14.2. The van der Waals surface area contributed by atoms with Crippen molar-refractivity contribution in [2.75, 3.05) is 23.3 Å². The van der Waals surface area contributed by atoms with Crippen molar-refractivity contribution >= 4 is 33.3 Å². The molecule has 2 fully saturated rings. The third kappa shape index (κ3) is 4.40. The summed E-state index contributed by atoms with van der Waals surface area (Å²) < 4.78 is 23.1. The van der Waals surface area contributed by atoms with Crippen LogP contribution in [0.15, 0.2) is 35.3 Å². The Morgan fingerprint density at radius 1 is 1.13 bits per heavy atom. The summed E-state index contributed by atoms with van der Waals surface area (Å²) in [5.41, 5.74) is 0.373. The largest absolute Gasteiger partial charge is 0.356 e. The van der Waals surface area contributed by atoms with E-state index in [4.69, 9.17) is 0 Å². The van der Waals surface area contributed by atoms with Crippen LogP contribution in [0.1, 0.15) is 43.5 Å². The predicted molar refractivity (Wildman–Crippen MR) is 114 cm³/mol. The van der Waals surface area contributed by atoms with E-state index >= 15 is 0 Å². The molecule has 0 aromatic carbocycles. The minimum atomic E-state index is -3.42. The molecule has 1 aliphatic carbocycles. The van der Waals surface area contributed by atoms with Crippen LogP contribution < -0.4 is 10.2 Å². The van der Waals surface area contributed by atoms with Gasteiger partial charge >= 0.3 is 0 Å². The van der Waals surface area contributed by atoms with Crippen molar-refractivity contribution in [3.63, 3.8) is 0 Å². The van der Waals surface area contributed by atoms with E-state index in [1.54, 1.807) is 12.1 Å². The van der Waals surface area contributed by atoms with Gasteiger partial charge in [0.1, 0.15) is 11.6 Å². The third-order valence-corrected chi connectivity index (χ3v) is 6.83. The minimum Gasteiger partial charge on any atom is -0.356 e. The van der Waals surface area contributed by atoms with Gasteiger partial charge in [-0.1, -0.05) is 13.8 Å². The molecular weight excluding hydrogens is 404 g/mol. The van der Waals surface area contributed by atoms with Crippen molar-refractivity contribution in [3.05, 3.63) is 40.9 Å². The van der Waals surface area contributed by atoms with E-state index in [2.05, 4.69) is 29.0 Å². The van der Waals surface area contributed by atoms with Crippen molar-refractivity contribution in [2.45, 2.75) is 33.1 Å². The van der Waals surface area contributed by atoms with Crippen LogP contribution >= 0.6 is 0 Å². The zero-order valence-corrected chi connectivity index (χ0v) is 17.9. The summed E-state index contributed by atoms with van der Waals surface area (Å²) in [6.45, 7) is 5.93. The molecule has 9 heteroatoms. The van der Waals surface area contributed by atoms with Crippen LogP contribution in [-0.2, 0) is 14.6 Å². The topological polar surface area (TPSA) is 99.7 Å². The normalized spacial score (nSPS) is 22.6. The number of nitrogens with zero attached hydrogens (tertiary/aromatic N) is 3. The second kappa shape index (κ2) is 7.86. The maximum Gasteiger partial charge on any atom is 0.265 e. The molecule has 1 atom stereocenters. The summed E-state index contributed by atoms with van der Waals surface area (Å²) in [7, 11) is -3.42. The van der Waals surface area contributed by atoms with E-state index in [1.807, 2.05) is 0 Å². The van der Waals surface area contributed by atoms with Gasteiger partial charge in [0, 0.05) is 31.4 Å². The number of amides is 2. The second-order valence-electron chi connectivity index (χ2n) is 8.44. The van der Waals surface area contributed by atoms with Crippen molar-refractivity contribution in [3.8, 4) is 0 Å². The van der Waals surface area contributed by atoms with Crippen LogP contribution in [0.2, 0.25) is 0 Å². The SMILES string of the molecule is CC(C)C1CCN(c2nc(NC(=O)C3CC3)ccc2C(=O)N2C=CS(=O)(=O)C=C2)C1. The summed E-state index contributed by atoms with van der Waals surface area (Å²) in [6, 6.07) is 3.28. The van der Waals surface area contributed by atoms with Crippen LogP contribution in [0.4, 0.5) is 11.6 Å². The summed E-state index contributed by atoms with van der Waals surface area (Å²) in [5.74, 6) is 1.61. The summed E-state index contributed by atoms with van der Waals surface area (Å²) in [5, 5.41) is 4.84. The summed E-state index contributed by atoms with van der Waals surface area (Å²) in [6.07, 6.45) is 5.28. The zero-order valence-electron chi connectivity index (χ0n) is 17.1. The van der Waals surface area contributed by atoms with Gasteiger partial charge in [-0.2, -0.15) is 0 Å². The minimum absolute atomic E-state index is 0.0406. The molecule has 1 saturated carbocycles. The number of anilines is 2. The average Bonchev–Trinajstić information content (AvgIpc) is 3.44. The number of hydrogen-bond acceptors (Lipinski definition) is 6.